The molecule has 0 bridgehead atoms. The maximum atomic E-state index is 11.4. The monoisotopic (exact) mass is 154 g/mol. The van der Waals surface area contributed by atoms with Gasteiger partial charge in [-0.3, -0.25) is 0 Å². The number of hydrogen-bond donors (Lipinski definition) is 1. The first-order chi connectivity index (χ1) is 4.42. The Kier molecular flexibility index (Phi) is 3.42. The molecule has 1 unspecified atom stereocenters. The molecule has 0 saturated heterocycles. The molecule has 1 atom stereocenters. The van der Waals surface area contributed by atoms with Gasteiger partial charge >= 0.3 is 6.18 Å². The lowest BCUT2D eigenvalue weighted by atomic mass is 10.3. The topological polar surface area (TPSA) is 20.2 Å². The predicted octanol–water partition coefficient (Wildman–Crippen LogP) is 1.88. The Morgan fingerprint density at radius 2 is 2.00 bits per heavy atom. The highest BCUT2D eigenvalue weighted by Gasteiger charge is 2.24. The number of rotatable bonds is 2. The number of halogens is 3. The van der Waals surface area contributed by atoms with Crippen LogP contribution >= 0.6 is 0 Å². The van der Waals surface area contributed by atoms with E-state index >= 15 is 0 Å². The summed E-state index contributed by atoms with van der Waals surface area (Å²) < 4.78 is 34.1. The number of aliphatic hydroxyl groups excluding tert-OH is 1. The zero-order valence-electron chi connectivity index (χ0n) is 5.52. The molecule has 0 amide bonds. The molecule has 0 aliphatic rings. The third kappa shape index (κ3) is 7.49. The first-order valence-electron chi connectivity index (χ1n) is 2.83. The molecule has 4 heteroatoms. The summed E-state index contributed by atoms with van der Waals surface area (Å²) in [6.45, 7) is 1.40. The molecular formula is C6H9F3O. The van der Waals surface area contributed by atoms with Crippen molar-refractivity contribution in [2.75, 3.05) is 0 Å². The van der Waals surface area contributed by atoms with Gasteiger partial charge in [-0.05, 0) is 6.92 Å². The second-order valence-electron chi connectivity index (χ2n) is 1.99. The van der Waals surface area contributed by atoms with Crippen LogP contribution < -0.4 is 0 Å². The molecule has 1 nitrogen and oxygen atoms in total. The molecule has 0 aromatic rings. The van der Waals surface area contributed by atoms with Gasteiger partial charge in [0.15, 0.2) is 0 Å². The molecule has 1 N–H and O–H groups in total. The Bertz CT molecular complexity index is 115. The fourth-order valence-corrected chi connectivity index (χ4v) is 0.399. The minimum Gasteiger partial charge on any atom is -0.389 e. The Balaban J connectivity index is 3.54. The second-order valence-corrected chi connectivity index (χ2v) is 1.99. The van der Waals surface area contributed by atoms with E-state index in [1.165, 1.54) is 6.92 Å². The van der Waals surface area contributed by atoms with Crippen LogP contribution in [0.3, 0.4) is 0 Å². The summed E-state index contributed by atoms with van der Waals surface area (Å²) in [5.41, 5.74) is 0. The standard InChI is InChI=1S/C6H9F3O/c1-5(10)3-2-4-6(7,8)9/h2-3,5,10H,4H2,1H3/b3-2+. The summed E-state index contributed by atoms with van der Waals surface area (Å²) in [5.74, 6) is 0. The van der Waals surface area contributed by atoms with E-state index in [9.17, 15) is 13.2 Å². The second kappa shape index (κ2) is 3.61. The lowest BCUT2D eigenvalue weighted by Crippen LogP contribution is -2.05. The van der Waals surface area contributed by atoms with Crippen LogP contribution in [-0.2, 0) is 0 Å². The van der Waals surface area contributed by atoms with Crippen molar-refractivity contribution >= 4 is 0 Å². The summed E-state index contributed by atoms with van der Waals surface area (Å²) in [7, 11) is 0. The van der Waals surface area contributed by atoms with Crippen molar-refractivity contribution < 1.29 is 18.3 Å². The van der Waals surface area contributed by atoms with Gasteiger partial charge in [-0.15, -0.1) is 0 Å². The van der Waals surface area contributed by atoms with Gasteiger partial charge in [0.05, 0.1) is 12.5 Å². The van der Waals surface area contributed by atoms with Crippen LogP contribution in [0, 0.1) is 0 Å². The number of hydrogen-bond acceptors (Lipinski definition) is 1. The molecule has 0 saturated carbocycles. The van der Waals surface area contributed by atoms with E-state index in [2.05, 4.69) is 0 Å². The number of alkyl halides is 3. The van der Waals surface area contributed by atoms with Crippen LogP contribution in [0.15, 0.2) is 12.2 Å². The fraction of sp³-hybridized carbons (Fsp3) is 0.667. The minimum absolute atomic E-state index is 0.803. The van der Waals surface area contributed by atoms with Crippen LogP contribution in [0.5, 0.6) is 0 Å². The van der Waals surface area contributed by atoms with Crippen molar-refractivity contribution in [2.45, 2.75) is 25.6 Å². The third-order valence-electron chi connectivity index (χ3n) is 0.764. The van der Waals surface area contributed by atoms with Crippen LogP contribution in [0.1, 0.15) is 13.3 Å². The van der Waals surface area contributed by atoms with Crippen molar-refractivity contribution in [3.8, 4) is 0 Å². The Morgan fingerprint density at radius 3 is 2.30 bits per heavy atom. The van der Waals surface area contributed by atoms with E-state index in [0.717, 1.165) is 12.2 Å². The van der Waals surface area contributed by atoms with Crippen molar-refractivity contribution in [3.63, 3.8) is 0 Å². The van der Waals surface area contributed by atoms with E-state index in [4.69, 9.17) is 5.11 Å². The molecule has 60 valence electrons. The molecule has 0 radical (unpaired) electrons. The van der Waals surface area contributed by atoms with Gasteiger partial charge < -0.3 is 5.11 Å². The normalized spacial score (nSPS) is 16.1. The van der Waals surface area contributed by atoms with Crippen LogP contribution in [-0.4, -0.2) is 17.4 Å². The zero-order valence-corrected chi connectivity index (χ0v) is 5.52. The molecule has 0 rings (SSSR count). The van der Waals surface area contributed by atoms with Gasteiger partial charge in [-0.2, -0.15) is 13.2 Å². The predicted molar refractivity (Wildman–Crippen MR) is 31.5 cm³/mol. The molecule has 0 aromatic heterocycles. The molecule has 0 aromatic carbocycles. The van der Waals surface area contributed by atoms with Crippen LogP contribution in [0.2, 0.25) is 0 Å². The van der Waals surface area contributed by atoms with Gasteiger partial charge in [0.2, 0.25) is 0 Å². The van der Waals surface area contributed by atoms with Gasteiger partial charge in [-0.1, -0.05) is 12.2 Å². The largest absolute Gasteiger partial charge is 0.392 e. The highest BCUT2D eigenvalue weighted by Crippen LogP contribution is 2.19. The van der Waals surface area contributed by atoms with Gasteiger partial charge in [0.1, 0.15) is 0 Å². The molecule has 0 aliphatic carbocycles. The fourth-order valence-electron chi connectivity index (χ4n) is 0.399. The summed E-state index contributed by atoms with van der Waals surface area (Å²) in [6, 6.07) is 0. The molecule has 10 heavy (non-hydrogen) atoms. The van der Waals surface area contributed by atoms with Crippen molar-refractivity contribution in [2.24, 2.45) is 0 Å². The molecule has 0 fully saturated rings. The first-order valence-corrected chi connectivity index (χ1v) is 2.83. The molecular weight excluding hydrogens is 145 g/mol. The number of allylic oxidation sites excluding steroid dienone is 1. The summed E-state index contributed by atoms with van der Waals surface area (Å²) in [6.07, 6.45) is -3.93. The van der Waals surface area contributed by atoms with Gasteiger partial charge in [0.25, 0.3) is 0 Å². The van der Waals surface area contributed by atoms with Gasteiger partial charge in [-0.25, -0.2) is 0 Å². The highest BCUT2D eigenvalue weighted by molar-refractivity contribution is 4.87. The van der Waals surface area contributed by atoms with Crippen LogP contribution in [0.4, 0.5) is 13.2 Å². The number of aliphatic hydroxyl groups is 1. The van der Waals surface area contributed by atoms with Crippen LogP contribution in [0.25, 0.3) is 0 Å². The lowest BCUT2D eigenvalue weighted by molar-refractivity contribution is -0.125. The molecule has 0 spiro atoms. The van der Waals surface area contributed by atoms with E-state index in [0.29, 0.717) is 0 Å². The first kappa shape index (κ1) is 9.49. The smallest absolute Gasteiger partial charge is 0.389 e. The SMILES string of the molecule is CC(O)/C=C/CC(F)(F)F. The summed E-state index contributed by atoms with van der Waals surface area (Å²) in [5, 5.41) is 8.50. The average molecular weight is 154 g/mol. The van der Waals surface area contributed by atoms with Crippen molar-refractivity contribution in [3.05, 3.63) is 12.2 Å². The van der Waals surface area contributed by atoms with Gasteiger partial charge in [0, 0.05) is 0 Å². The van der Waals surface area contributed by atoms with Crippen molar-refractivity contribution in [1.29, 1.82) is 0 Å². The van der Waals surface area contributed by atoms with E-state index in [1.807, 2.05) is 0 Å². The average Bonchev–Trinajstić information content (AvgIpc) is 1.59. The zero-order chi connectivity index (χ0) is 8.20. The summed E-state index contributed by atoms with van der Waals surface area (Å²) in [4.78, 5) is 0. The quantitative estimate of drug-likeness (QED) is 0.602. The maximum absolute atomic E-state index is 11.4. The minimum atomic E-state index is -4.16. The summed E-state index contributed by atoms with van der Waals surface area (Å²) >= 11 is 0. The lowest BCUT2D eigenvalue weighted by Gasteiger charge is -2.00. The third-order valence-corrected chi connectivity index (χ3v) is 0.764. The Hall–Kier alpha value is -0.510. The maximum Gasteiger partial charge on any atom is 0.392 e. The highest BCUT2D eigenvalue weighted by atomic mass is 19.4. The molecule has 0 heterocycles. The van der Waals surface area contributed by atoms with E-state index in [1.54, 1.807) is 0 Å². The van der Waals surface area contributed by atoms with E-state index in [-0.39, 0.29) is 0 Å². The van der Waals surface area contributed by atoms with Crippen molar-refractivity contribution in [1.82, 2.24) is 0 Å². The molecule has 0 aliphatic heterocycles. The van der Waals surface area contributed by atoms with E-state index < -0.39 is 18.7 Å². The Labute approximate surface area is 57.2 Å². The Morgan fingerprint density at radius 1 is 1.50 bits per heavy atom.